The van der Waals surface area contributed by atoms with E-state index in [1.165, 1.54) is 18.2 Å². The Morgan fingerprint density at radius 3 is 2.79 bits per heavy atom. The van der Waals surface area contributed by atoms with E-state index in [2.05, 4.69) is 31.2 Å². The van der Waals surface area contributed by atoms with E-state index in [0.717, 1.165) is 17.2 Å². The molecule has 0 unspecified atom stereocenters. The highest BCUT2D eigenvalue weighted by atomic mass is 79.9. The van der Waals surface area contributed by atoms with Crippen LogP contribution in [0.15, 0.2) is 53.4 Å². The number of hydrogen-bond donors (Lipinski definition) is 1. The molecule has 5 nitrogen and oxygen atoms in total. The summed E-state index contributed by atoms with van der Waals surface area (Å²) in [5, 5.41) is 2.82. The standard InChI is InChI=1S/C17H14BrFN4O/c1-11-20-6-7-23(11)16-8-12(4-5-21-16)10-22-17(24)14-3-2-13(19)9-15(14)18/h2-9H,10H2,1H3,(H,22,24). The van der Waals surface area contributed by atoms with Gasteiger partial charge in [0.25, 0.3) is 5.91 Å². The van der Waals surface area contributed by atoms with Crippen molar-refractivity contribution in [3.8, 4) is 5.82 Å². The summed E-state index contributed by atoms with van der Waals surface area (Å²) in [6.07, 6.45) is 5.22. The van der Waals surface area contributed by atoms with Gasteiger partial charge in [0.15, 0.2) is 0 Å². The SMILES string of the molecule is Cc1nccn1-c1cc(CNC(=O)c2ccc(F)cc2Br)ccn1. The van der Waals surface area contributed by atoms with Crippen LogP contribution in [0.5, 0.6) is 0 Å². The number of halogens is 2. The molecule has 0 spiro atoms. The fraction of sp³-hybridized carbons (Fsp3) is 0.118. The summed E-state index contributed by atoms with van der Waals surface area (Å²) >= 11 is 3.20. The molecule has 2 heterocycles. The predicted molar refractivity (Wildman–Crippen MR) is 91.4 cm³/mol. The number of pyridine rings is 1. The van der Waals surface area contributed by atoms with Crippen molar-refractivity contribution in [3.05, 3.63) is 76.2 Å². The molecule has 0 aliphatic heterocycles. The van der Waals surface area contributed by atoms with Gasteiger partial charge < -0.3 is 5.32 Å². The van der Waals surface area contributed by atoms with Crippen LogP contribution >= 0.6 is 15.9 Å². The Morgan fingerprint density at radius 1 is 1.25 bits per heavy atom. The molecule has 0 saturated heterocycles. The third-order valence-corrected chi connectivity index (χ3v) is 4.17. The number of nitrogens with one attached hydrogen (secondary N) is 1. The average molecular weight is 389 g/mol. The number of carbonyl (C=O) groups is 1. The molecule has 0 aliphatic rings. The van der Waals surface area contributed by atoms with Crippen molar-refractivity contribution in [2.75, 3.05) is 0 Å². The Hall–Kier alpha value is -2.54. The summed E-state index contributed by atoms with van der Waals surface area (Å²) in [4.78, 5) is 20.7. The van der Waals surface area contributed by atoms with E-state index in [1.807, 2.05) is 29.8 Å². The first kappa shape index (κ1) is 16.3. The maximum Gasteiger partial charge on any atom is 0.252 e. The fourth-order valence-electron chi connectivity index (χ4n) is 2.27. The number of hydrogen-bond acceptors (Lipinski definition) is 3. The molecule has 0 radical (unpaired) electrons. The van der Waals surface area contributed by atoms with E-state index >= 15 is 0 Å². The topological polar surface area (TPSA) is 59.8 Å². The van der Waals surface area contributed by atoms with Crippen molar-refractivity contribution >= 4 is 21.8 Å². The van der Waals surface area contributed by atoms with E-state index in [9.17, 15) is 9.18 Å². The second kappa shape index (κ2) is 6.92. The van der Waals surface area contributed by atoms with Gasteiger partial charge in [0.05, 0.1) is 5.56 Å². The minimum absolute atomic E-state index is 0.279. The minimum Gasteiger partial charge on any atom is -0.348 e. The van der Waals surface area contributed by atoms with Gasteiger partial charge in [0, 0.05) is 29.6 Å². The summed E-state index contributed by atoms with van der Waals surface area (Å²) in [5.74, 6) is 0.894. The zero-order valence-corrected chi connectivity index (χ0v) is 14.4. The van der Waals surface area contributed by atoms with E-state index < -0.39 is 5.82 Å². The van der Waals surface area contributed by atoms with Gasteiger partial charge in [-0.05, 0) is 58.7 Å². The second-order valence-corrected chi connectivity index (χ2v) is 6.03. The Balaban J connectivity index is 1.73. The summed E-state index contributed by atoms with van der Waals surface area (Å²) in [7, 11) is 0. The Labute approximate surface area is 146 Å². The van der Waals surface area contributed by atoms with Gasteiger partial charge in [-0.3, -0.25) is 9.36 Å². The molecule has 24 heavy (non-hydrogen) atoms. The minimum atomic E-state index is -0.395. The number of aromatic nitrogens is 3. The van der Waals surface area contributed by atoms with Crippen LogP contribution in [0.3, 0.4) is 0 Å². The van der Waals surface area contributed by atoms with Crippen molar-refractivity contribution in [1.29, 1.82) is 0 Å². The second-order valence-electron chi connectivity index (χ2n) is 5.17. The van der Waals surface area contributed by atoms with Crippen LogP contribution in [0.4, 0.5) is 4.39 Å². The van der Waals surface area contributed by atoms with E-state index in [4.69, 9.17) is 0 Å². The largest absolute Gasteiger partial charge is 0.348 e. The van der Waals surface area contributed by atoms with Gasteiger partial charge in [0.1, 0.15) is 17.5 Å². The predicted octanol–water partition coefficient (Wildman–Crippen LogP) is 3.41. The number of imidazole rings is 1. The highest BCUT2D eigenvalue weighted by molar-refractivity contribution is 9.10. The molecule has 2 aromatic heterocycles. The maximum absolute atomic E-state index is 13.1. The quantitative estimate of drug-likeness (QED) is 0.744. The lowest BCUT2D eigenvalue weighted by molar-refractivity contribution is 0.0950. The first-order valence-electron chi connectivity index (χ1n) is 7.23. The normalized spacial score (nSPS) is 10.6. The van der Waals surface area contributed by atoms with Gasteiger partial charge >= 0.3 is 0 Å². The van der Waals surface area contributed by atoms with Crippen LogP contribution in [0.25, 0.3) is 5.82 Å². The molecule has 0 saturated carbocycles. The number of aryl methyl sites for hydroxylation is 1. The maximum atomic E-state index is 13.1. The molecule has 0 fully saturated rings. The number of amides is 1. The van der Waals surface area contributed by atoms with Crippen LogP contribution < -0.4 is 5.32 Å². The molecule has 3 rings (SSSR count). The molecular formula is C17H14BrFN4O. The van der Waals surface area contributed by atoms with Gasteiger partial charge in [-0.1, -0.05) is 0 Å². The van der Waals surface area contributed by atoms with Crippen molar-refractivity contribution in [3.63, 3.8) is 0 Å². The van der Waals surface area contributed by atoms with Crippen LogP contribution in [0.2, 0.25) is 0 Å². The third kappa shape index (κ3) is 3.51. The van der Waals surface area contributed by atoms with Gasteiger partial charge in [-0.25, -0.2) is 14.4 Å². The molecule has 7 heteroatoms. The Bertz CT molecular complexity index is 894. The number of rotatable bonds is 4. The van der Waals surface area contributed by atoms with Crippen LogP contribution in [0.1, 0.15) is 21.7 Å². The zero-order chi connectivity index (χ0) is 17.1. The van der Waals surface area contributed by atoms with Crippen molar-refractivity contribution < 1.29 is 9.18 Å². The lowest BCUT2D eigenvalue weighted by Gasteiger charge is -2.09. The van der Waals surface area contributed by atoms with Gasteiger partial charge in [-0.15, -0.1) is 0 Å². The van der Waals surface area contributed by atoms with Crippen molar-refractivity contribution in [2.45, 2.75) is 13.5 Å². The molecular weight excluding hydrogens is 375 g/mol. The Kier molecular flexibility index (Phi) is 4.71. The third-order valence-electron chi connectivity index (χ3n) is 3.51. The van der Waals surface area contributed by atoms with Crippen LogP contribution in [0, 0.1) is 12.7 Å². The van der Waals surface area contributed by atoms with Crippen molar-refractivity contribution in [1.82, 2.24) is 19.9 Å². The van der Waals surface area contributed by atoms with E-state index in [-0.39, 0.29) is 5.91 Å². The number of nitrogens with zero attached hydrogens (tertiary/aromatic N) is 3. The molecule has 1 aromatic carbocycles. The summed E-state index contributed by atoms with van der Waals surface area (Å²) in [6.45, 7) is 2.23. The molecule has 0 bridgehead atoms. The molecule has 1 N–H and O–H groups in total. The zero-order valence-electron chi connectivity index (χ0n) is 12.8. The first-order valence-corrected chi connectivity index (χ1v) is 8.02. The van der Waals surface area contributed by atoms with Crippen molar-refractivity contribution in [2.24, 2.45) is 0 Å². The molecule has 122 valence electrons. The number of carbonyl (C=O) groups excluding carboxylic acids is 1. The summed E-state index contributed by atoms with van der Waals surface area (Å²) in [5.41, 5.74) is 1.29. The monoisotopic (exact) mass is 388 g/mol. The molecule has 3 aromatic rings. The smallest absolute Gasteiger partial charge is 0.252 e. The van der Waals surface area contributed by atoms with E-state index in [0.29, 0.717) is 16.6 Å². The molecule has 0 aliphatic carbocycles. The van der Waals surface area contributed by atoms with Gasteiger partial charge in [0.2, 0.25) is 0 Å². The summed E-state index contributed by atoms with van der Waals surface area (Å²) < 4.78 is 15.4. The van der Waals surface area contributed by atoms with E-state index in [1.54, 1.807) is 12.4 Å². The van der Waals surface area contributed by atoms with Gasteiger partial charge in [-0.2, -0.15) is 0 Å². The lowest BCUT2D eigenvalue weighted by atomic mass is 10.2. The Morgan fingerprint density at radius 2 is 2.08 bits per heavy atom. The lowest BCUT2D eigenvalue weighted by Crippen LogP contribution is -2.23. The molecule has 1 amide bonds. The highest BCUT2D eigenvalue weighted by Gasteiger charge is 2.11. The van der Waals surface area contributed by atoms with Crippen LogP contribution in [-0.2, 0) is 6.54 Å². The highest BCUT2D eigenvalue weighted by Crippen LogP contribution is 2.18. The summed E-state index contributed by atoms with van der Waals surface area (Å²) in [6, 6.07) is 7.68. The van der Waals surface area contributed by atoms with Crippen LogP contribution in [-0.4, -0.2) is 20.4 Å². The fourth-order valence-corrected chi connectivity index (χ4v) is 2.80. The number of benzene rings is 1. The first-order chi connectivity index (χ1) is 11.5. The average Bonchev–Trinajstić information content (AvgIpc) is 2.99. The molecule has 0 atom stereocenters.